The molecule has 0 radical (unpaired) electrons. The molecule has 0 bridgehead atoms. The van der Waals surface area contributed by atoms with Gasteiger partial charge in [-0.05, 0) is 38.8 Å². The van der Waals surface area contributed by atoms with Crippen LogP contribution in [0.3, 0.4) is 0 Å². The molecule has 0 aliphatic carbocycles. The van der Waals surface area contributed by atoms with Crippen LogP contribution in [0.1, 0.15) is 26.7 Å². The lowest BCUT2D eigenvalue weighted by atomic mass is 10.0. The first-order valence-electron chi connectivity index (χ1n) is 9.16. The second-order valence-corrected chi connectivity index (χ2v) is 6.69. The highest BCUT2D eigenvalue weighted by Crippen LogP contribution is 2.22. The minimum Gasteiger partial charge on any atom is -0.481 e. The SMILES string of the molecule is CCN1CCN(C2CCN(C(=O)C(C)Oc3ccccc3)CC2)C1=O. The predicted molar refractivity (Wildman–Crippen MR) is 95.5 cm³/mol. The molecule has 0 aromatic heterocycles. The number of benzene rings is 1. The maximum absolute atomic E-state index is 12.6. The van der Waals surface area contributed by atoms with E-state index in [9.17, 15) is 9.59 Å². The third-order valence-corrected chi connectivity index (χ3v) is 5.13. The van der Waals surface area contributed by atoms with Crippen LogP contribution in [0.4, 0.5) is 4.79 Å². The van der Waals surface area contributed by atoms with Gasteiger partial charge < -0.3 is 19.4 Å². The Labute approximate surface area is 149 Å². The van der Waals surface area contributed by atoms with E-state index in [-0.39, 0.29) is 18.0 Å². The molecule has 2 heterocycles. The summed E-state index contributed by atoms with van der Waals surface area (Å²) in [6.45, 7) is 7.56. The molecule has 3 amide bonds. The van der Waals surface area contributed by atoms with E-state index in [0.717, 1.165) is 32.5 Å². The molecule has 1 aromatic rings. The smallest absolute Gasteiger partial charge is 0.320 e. The van der Waals surface area contributed by atoms with Crippen molar-refractivity contribution in [2.75, 3.05) is 32.7 Å². The maximum Gasteiger partial charge on any atom is 0.320 e. The number of urea groups is 1. The largest absolute Gasteiger partial charge is 0.481 e. The summed E-state index contributed by atoms with van der Waals surface area (Å²) >= 11 is 0. The molecule has 1 aromatic carbocycles. The van der Waals surface area contributed by atoms with E-state index in [1.807, 2.05) is 52.0 Å². The Morgan fingerprint density at radius 2 is 1.84 bits per heavy atom. The lowest BCUT2D eigenvalue weighted by Crippen LogP contribution is -2.50. The number of carbonyl (C=O) groups is 2. The van der Waals surface area contributed by atoms with Gasteiger partial charge in [0.05, 0.1) is 0 Å². The molecule has 0 spiro atoms. The number of hydrogen-bond donors (Lipinski definition) is 0. The fourth-order valence-corrected chi connectivity index (χ4v) is 3.64. The number of para-hydroxylation sites is 1. The highest BCUT2D eigenvalue weighted by atomic mass is 16.5. The van der Waals surface area contributed by atoms with E-state index in [4.69, 9.17) is 4.74 Å². The number of carbonyl (C=O) groups excluding carboxylic acids is 2. The second kappa shape index (κ2) is 7.76. The van der Waals surface area contributed by atoms with E-state index in [0.29, 0.717) is 18.8 Å². The van der Waals surface area contributed by atoms with Crippen molar-refractivity contribution in [3.8, 4) is 5.75 Å². The molecule has 2 fully saturated rings. The molecule has 2 aliphatic heterocycles. The topological polar surface area (TPSA) is 53.1 Å². The molecule has 6 nitrogen and oxygen atoms in total. The summed E-state index contributed by atoms with van der Waals surface area (Å²) in [4.78, 5) is 30.6. The van der Waals surface area contributed by atoms with Crippen molar-refractivity contribution in [3.05, 3.63) is 30.3 Å². The van der Waals surface area contributed by atoms with Crippen molar-refractivity contribution >= 4 is 11.9 Å². The van der Waals surface area contributed by atoms with Crippen LogP contribution in [-0.2, 0) is 4.79 Å². The summed E-state index contributed by atoms with van der Waals surface area (Å²) in [5.41, 5.74) is 0. The van der Waals surface area contributed by atoms with Crippen molar-refractivity contribution in [2.24, 2.45) is 0 Å². The fourth-order valence-electron chi connectivity index (χ4n) is 3.64. The number of ether oxygens (including phenoxy) is 1. The number of rotatable bonds is 5. The Hall–Kier alpha value is -2.24. The quantitative estimate of drug-likeness (QED) is 0.822. The van der Waals surface area contributed by atoms with Crippen molar-refractivity contribution in [1.82, 2.24) is 14.7 Å². The van der Waals surface area contributed by atoms with E-state index < -0.39 is 6.10 Å². The highest BCUT2D eigenvalue weighted by Gasteiger charge is 2.36. The molecule has 2 aliphatic rings. The van der Waals surface area contributed by atoms with Gasteiger partial charge in [0.2, 0.25) is 0 Å². The highest BCUT2D eigenvalue weighted by molar-refractivity contribution is 5.81. The molecule has 2 saturated heterocycles. The minimum absolute atomic E-state index is 0.0187. The Morgan fingerprint density at radius 3 is 2.44 bits per heavy atom. The van der Waals surface area contributed by atoms with Gasteiger partial charge in [-0.25, -0.2) is 4.79 Å². The molecule has 0 N–H and O–H groups in total. The normalized spacial score (nSPS) is 20.1. The van der Waals surface area contributed by atoms with Crippen molar-refractivity contribution < 1.29 is 14.3 Å². The van der Waals surface area contributed by atoms with Gasteiger partial charge in [0.1, 0.15) is 5.75 Å². The van der Waals surface area contributed by atoms with Gasteiger partial charge in [0.25, 0.3) is 5.91 Å². The van der Waals surface area contributed by atoms with Gasteiger partial charge in [-0.3, -0.25) is 4.79 Å². The molecule has 6 heteroatoms. The van der Waals surface area contributed by atoms with Gasteiger partial charge in [-0.2, -0.15) is 0 Å². The number of hydrogen-bond acceptors (Lipinski definition) is 3. The van der Waals surface area contributed by atoms with Gasteiger partial charge in [0.15, 0.2) is 6.10 Å². The van der Waals surface area contributed by atoms with Crippen LogP contribution in [0.25, 0.3) is 0 Å². The van der Waals surface area contributed by atoms with Crippen LogP contribution in [0.2, 0.25) is 0 Å². The zero-order chi connectivity index (χ0) is 17.8. The van der Waals surface area contributed by atoms with Crippen LogP contribution in [0, 0.1) is 0 Å². The van der Waals surface area contributed by atoms with Gasteiger partial charge in [0, 0.05) is 38.8 Å². The number of piperidine rings is 1. The summed E-state index contributed by atoms with van der Waals surface area (Å²) in [6.07, 6.45) is 1.18. The van der Waals surface area contributed by atoms with Gasteiger partial charge in [-0.15, -0.1) is 0 Å². The average molecular weight is 345 g/mol. The molecule has 0 saturated carbocycles. The van der Waals surface area contributed by atoms with Gasteiger partial charge in [-0.1, -0.05) is 18.2 Å². The Balaban J connectivity index is 1.50. The lowest BCUT2D eigenvalue weighted by Gasteiger charge is -2.37. The lowest BCUT2D eigenvalue weighted by molar-refractivity contribution is -0.139. The van der Waals surface area contributed by atoms with E-state index in [1.165, 1.54) is 0 Å². The Bertz CT molecular complexity index is 599. The zero-order valence-corrected chi connectivity index (χ0v) is 15.1. The Kier molecular flexibility index (Phi) is 5.46. The summed E-state index contributed by atoms with van der Waals surface area (Å²) in [6, 6.07) is 9.81. The van der Waals surface area contributed by atoms with Crippen molar-refractivity contribution in [2.45, 2.75) is 38.8 Å². The minimum atomic E-state index is -0.497. The van der Waals surface area contributed by atoms with Crippen LogP contribution in [0.5, 0.6) is 5.75 Å². The molecule has 3 rings (SSSR count). The van der Waals surface area contributed by atoms with Crippen molar-refractivity contribution in [3.63, 3.8) is 0 Å². The summed E-state index contributed by atoms with van der Waals surface area (Å²) in [5.74, 6) is 0.728. The maximum atomic E-state index is 12.6. The summed E-state index contributed by atoms with van der Waals surface area (Å²) in [5, 5.41) is 0. The first-order valence-corrected chi connectivity index (χ1v) is 9.16. The van der Waals surface area contributed by atoms with Gasteiger partial charge >= 0.3 is 6.03 Å². The van der Waals surface area contributed by atoms with E-state index in [1.54, 1.807) is 6.92 Å². The van der Waals surface area contributed by atoms with E-state index in [2.05, 4.69) is 0 Å². The van der Waals surface area contributed by atoms with Crippen LogP contribution >= 0.6 is 0 Å². The first-order chi connectivity index (χ1) is 12.1. The first kappa shape index (κ1) is 17.6. The summed E-state index contributed by atoms with van der Waals surface area (Å²) in [7, 11) is 0. The molecule has 25 heavy (non-hydrogen) atoms. The third kappa shape index (κ3) is 3.89. The van der Waals surface area contributed by atoms with Crippen LogP contribution < -0.4 is 4.74 Å². The third-order valence-electron chi connectivity index (χ3n) is 5.13. The number of amides is 3. The average Bonchev–Trinajstić information content (AvgIpc) is 3.02. The predicted octanol–water partition coefficient (Wildman–Crippen LogP) is 2.20. The zero-order valence-electron chi connectivity index (χ0n) is 15.1. The van der Waals surface area contributed by atoms with Crippen molar-refractivity contribution in [1.29, 1.82) is 0 Å². The standard InChI is InChI=1S/C19H27N3O3/c1-3-20-13-14-22(19(20)24)16-9-11-21(12-10-16)18(23)15(2)25-17-7-5-4-6-8-17/h4-8,15-16H,3,9-14H2,1-2H3. The molecule has 136 valence electrons. The number of nitrogens with zero attached hydrogens (tertiary/aromatic N) is 3. The molecular formula is C19H27N3O3. The second-order valence-electron chi connectivity index (χ2n) is 6.69. The van der Waals surface area contributed by atoms with E-state index >= 15 is 0 Å². The summed E-state index contributed by atoms with van der Waals surface area (Å²) < 4.78 is 5.74. The fraction of sp³-hybridized carbons (Fsp3) is 0.579. The van der Waals surface area contributed by atoms with Crippen LogP contribution in [-0.4, -0.2) is 71.5 Å². The molecule has 1 unspecified atom stereocenters. The number of likely N-dealkylation sites (tertiary alicyclic amines) is 1. The number of likely N-dealkylation sites (N-methyl/N-ethyl adjacent to an activating group) is 1. The Morgan fingerprint density at radius 1 is 1.16 bits per heavy atom. The van der Waals surface area contributed by atoms with Crippen LogP contribution in [0.15, 0.2) is 30.3 Å². The molecule has 1 atom stereocenters. The monoisotopic (exact) mass is 345 g/mol. The molecular weight excluding hydrogens is 318 g/mol.